The first-order valence-corrected chi connectivity index (χ1v) is 7.80. The molecular formula is C17H16FN3O4. The number of halogens is 1. The molecular weight excluding hydrogens is 329 g/mol. The van der Waals surface area contributed by atoms with Crippen LogP contribution in [-0.4, -0.2) is 44.3 Å². The van der Waals surface area contributed by atoms with E-state index in [9.17, 15) is 23.9 Å². The minimum Gasteiger partial charge on any atom is -0.480 e. The maximum atomic E-state index is 14.0. The summed E-state index contributed by atoms with van der Waals surface area (Å²) in [6.07, 6.45) is 0.866. The van der Waals surface area contributed by atoms with Crippen LogP contribution in [0.5, 0.6) is 0 Å². The molecule has 0 spiro atoms. The Labute approximate surface area is 142 Å². The molecule has 2 aromatic rings. The topological polar surface area (TPSA) is 92.5 Å². The number of carboxylic acid groups (broad SMARTS) is 1. The highest BCUT2D eigenvalue weighted by atomic mass is 19.1. The first-order chi connectivity index (χ1) is 11.9. The van der Waals surface area contributed by atoms with Crippen LogP contribution in [0.3, 0.4) is 0 Å². The van der Waals surface area contributed by atoms with Crippen molar-refractivity contribution >= 4 is 11.9 Å². The molecule has 1 saturated heterocycles. The van der Waals surface area contributed by atoms with Crippen LogP contribution in [0.2, 0.25) is 0 Å². The third-order valence-corrected chi connectivity index (χ3v) is 4.19. The van der Waals surface area contributed by atoms with Crippen LogP contribution in [0.4, 0.5) is 4.39 Å². The van der Waals surface area contributed by atoms with Gasteiger partial charge in [0.1, 0.15) is 17.5 Å². The Kier molecular flexibility index (Phi) is 4.35. The van der Waals surface area contributed by atoms with Gasteiger partial charge < -0.3 is 10.0 Å². The number of hydrogen-bond donors (Lipinski definition) is 1. The monoisotopic (exact) mass is 345 g/mol. The highest BCUT2D eigenvalue weighted by Crippen LogP contribution is 2.19. The first kappa shape index (κ1) is 16.8. The Morgan fingerprint density at radius 3 is 2.72 bits per heavy atom. The number of carboxylic acids is 1. The summed E-state index contributed by atoms with van der Waals surface area (Å²) in [5.41, 5.74) is -0.568. The average Bonchev–Trinajstić information content (AvgIpc) is 3.05. The lowest BCUT2D eigenvalue weighted by molar-refractivity contribution is -0.141. The second-order valence-electron chi connectivity index (χ2n) is 5.86. The fourth-order valence-corrected chi connectivity index (χ4v) is 2.97. The molecule has 0 saturated carbocycles. The predicted molar refractivity (Wildman–Crippen MR) is 86.2 cm³/mol. The third kappa shape index (κ3) is 3.02. The molecule has 1 atom stereocenters. The van der Waals surface area contributed by atoms with E-state index in [4.69, 9.17) is 0 Å². The standard InChI is InChI=1S/C17H16FN3O4/c1-10-9-14(22)15(16(23)20-8-4-7-13(20)17(24)25)19-21(10)12-6-3-2-5-11(12)18/h2-3,5-6,9,13H,4,7-8H2,1H3,(H,24,25). The summed E-state index contributed by atoms with van der Waals surface area (Å²) in [5.74, 6) is -2.42. The lowest BCUT2D eigenvalue weighted by Crippen LogP contribution is -2.43. The van der Waals surface area contributed by atoms with Gasteiger partial charge in [0.15, 0.2) is 5.69 Å². The molecule has 8 heteroatoms. The second-order valence-corrected chi connectivity index (χ2v) is 5.86. The number of amides is 1. The lowest BCUT2D eigenvalue weighted by atomic mass is 10.2. The molecule has 7 nitrogen and oxygen atoms in total. The van der Waals surface area contributed by atoms with Gasteiger partial charge in [-0.1, -0.05) is 12.1 Å². The van der Waals surface area contributed by atoms with Gasteiger partial charge in [-0.25, -0.2) is 13.9 Å². The van der Waals surface area contributed by atoms with E-state index in [2.05, 4.69) is 5.10 Å². The van der Waals surface area contributed by atoms with Crippen LogP contribution in [0.15, 0.2) is 35.1 Å². The number of rotatable bonds is 3. The summed E-state index contributed by atoms with van der Waals surface area (Å²) in [6, 6.07) is 6.07. The van der Waals surface area contributed by atoms with Gasteiger partial charge in [-0.15, -0.1) is 0 Å². The molecule has 1 aromatic carbocycles. The van der Waals surface area contributed by atoms with Crippen molar-refractivity contribution in [3.05, 3.63) is 57.8 Å². The highest BCUT2D eigenvalue weighted by molar-refractivity contribution is 5.95. The quantitative estimate of drug-likeness (QED) is 0.907. The van der Waals surface area contributed by atoms with Crippen molar-refractivity contribution in [2.24, 2.45) is 0 Å². The summed E-state index contributed by atoms with van der Waals surface area (Å²) in [4.78, 5) is 37.3. The molecule has 1 aliphatic heterocycles. The minimum absolute atomic E-state index is 0.102. The van der Waals surface area contributed by atoms with Gasteiger partial charge in [-0.3, -0.25) is 9.59 Å². The maximum absolute atomic E-state index is 14.0. The number of aromatic nitrogens is 2. The zero-order valence-corrected chi connectivity index (χ0v) is 13.5. The van der Waals surface area contributed by atoms with Crippen molar-refractivity contribution in [3.63, 3.8) is 0 Å². The number of para-hydroxylation sites is 1. The Morgan fingerprint density at radius 1 is 1.32 bits per heavy atom. The summed E-state index contributed by atoms with van der Waals surface area (Å²) < 4.78 is 15.2. The van der Waals surface area contributed by atoms with E-state index in [0.29, 0.717) is 18.5 Å². The van der Waals surface area contributed by atoms with Gasteiger partial charge in [0.05, 0.1) is 0 Å². The molecule has 130 valence electrons. The van der Waals surface area contributed by atoms with E-state index in [1.165, 1.54) is 28.9 Å². The number of hydrogen-bond acceptors (Lipinski definition) is 4. The second kappa shape index (κ2) is 6.46. The van der Waals surface area contributed by atoms with Crippen LogP contribution in [0.1, 0.15) is 29.0 Å². The van der Waals surface area contributed by atoms with E-state index < -0.39 is 34.9 Å². The molecule has 1 fully saturated rings. The van der Waals surface area contributed by atoms with Crippen molar-refractivity contribution in [2.45, 2.75) is 25.8 Å². The number of likely N-dealkylation sites (tertiary alicyclic amines) is 1. The Morgan fingerprint density at radius 2 is 2.04 bits per heavy atom. The molecule has 1 aliphatic rings. The number of carbonyl (C=O) groups excluding carboxylic acids is 1. The van der Waals surface area contributed by atoms with Crippen LogP contribution in [-0.2, 0) is 4.79 Å². The summed E-state index contributed by atoms with van der Waals surface area (Å²) in [6.45, 7) is 1.81. The maximum Gasteiger partial charge on any atom is 0.326 e. The Bertz CT molecular complexity index is 909. The molecule has 1 N–H and O–H groups in total. The molecule has 25 heavy (non-hydrogen) atoms. The smallest absolute Gasteiger partial charge is 0.326 e. The Hall–Kier alpha value is -3.03. The van der Waals surface area contributed by atoms with Crippen molar-refractivity contribution in [2.75, 3.05) is 6.54 Å². The third-order valence-electron chi connectivity index (χ3n) is 4.19. The molecule has 1 amide bonds. The van der Waals surface area contributed by atoms with E-state index in [1.54, 1.807) is 13.0 Å². The van der Waals surface area contributed by atoms with Gasteiger partial charge in [-0.05, 0) is 31.9 Å². The first-order valence-electron chi connectivity index (χ1n) is 7.80. The van der Waals surface area contributed by atoms with Gasteiger partial charge in [-0.2, -0.15) is 5.10 Å². The normalized spacial score (nSPS) is 16.9. The van der Waals surface area contributed by atoms with Crippen LogP contribution >= 0.6 is 0 Å². The van der Waals surface area contributed by atoms with E-state index in [-0.39, 0.29) is 12.2 Å². The van der Waals surface area contributed by atoms with E-state index >= 15 is 0 Å². The summed E-state index contributed by atoms with van der Waals surface area (Å²) in [5, 5.41) is 13.2. The number of aliphatic carboxylic acids is 1. The molecule has 2 heterocycles. The average molecular weight is 345 g/mol. The predicted octanol–water partition coefficient (Wildman–Crippen LogP) is 1.37. The molecule has 3 rings (SSSR count). The molecule has 0 bridgehead atoms. The lowest BCUT2D eigenvalue weighted by Gasteiger charge is -2.21. The van der Waals surface area contributed by atoms with Crippen molar-refractivity contribution < 1.29 is 19.1 Å². The summed E-state index contributed by atoms with van der Waals surface area (Å²) >= 11 is 0. The fraction of sp³-hybridized carbons (Fsp3) is 0.294. The molecule has 1 unspecified atom stereocenters. The molecule has 1 aromatic heterocycles. The zero-order chi connectivity index (χ0) is 18.1. The minimum atomic E-state index is -1.12. The van der Waals surface area contributed by atoms with Gasteiger partial charge in [0, 0.05) is 18.3 Å². The summed E-state index contributed by atoms with van der Waals surface area (Å²) in [7, 11) is 0. The number of aryl methyl sites for hydroxylation is 1. The largest absolute Gasteiger partial charge is 0.480 e. The van der Waals surface area contributed by atoms with Crippen molar-refractivity contribution in [3.8, 4) is 5.69 Å². The SMILES string of the molecule is Cc1cc(=O)c(C(=O)N2CCCC2C(=O)O)nn1-c1ccccc1F. The molecule has 0 radical (unpaired) electrons. The fourth-order valence-electron chi connectivity index (χ4n) is 2.97. The number of benzene rings is 1. The zero-order valence-electron chi connectivity index (χ0n) is 13.5. The molecule has 0 aliphatic carbocycles. The highest BCUT2D eigenvalue weighted by Gasteiger charge is 2.36. The number of carbonyl (C=O) groups is 2. The van der Waals surface area contributed by atoms with Crippen molar-refractivity contribution in [1.82, 2.24) is 14.7 Å². The van der Waals surface area contributed by atoms with Gasteiger partial charge in [0.25, 0.3) is 5.91 Å². The van der Waals surface area contributed by atoms with E-state index in [1.807, 2.05) is 0 Å². The van der Waals surface area contributed by atoms with Gasteiger partial charge >= 0.3 is 5.97 Å². The van der Waals surface area contributed by atoms with Crippen molar-refractivity contribution in [1.29, 1.82) is 0 Å². The Balaban J connectivity index is 2.07. The van der Waals surface area contributed by atoms with Crippen LogP contribution in [0, 0.1) is 12.7 Å². The van der Waals surface area contributed by atoms with E-state index in [0.717, 1.165) is 4.90 Å². The van der Waals surface area contributed by atoms with Gasteiger partial charge in [0.2, 0.25) is 5.43 Å². The van der Waals surface area contributed by atoms with Crippen LogP contribution < -0.4 is 5.43 Å². The van der Waals surface area contributed by atoms with Crippen LogP contribution in [0.25, 0.3) is 5.69 Å². The number of nitrogens with zero attached hydrogens (tertiary/aromatic N) is 3.